The zero-order chi connectivity index (χ0) is 18.4. The van der Waals surface area contributed by atoms with Crippen molar-refractivity contribution in [1.29, 1.82) is 0 Å². The molecule has 1 atom stereocenters. The van der Waals surface area contributed by atoms with Crippen LogP contribution in [0.5, 0.6) is 5.75 Å². The lowest BCUT2D eigenvalue weighted by molar-refractivity contribution is -0.128. The summed E-state index contributed by atoms with van der Waals surface area (Å²) in [6.45, 7) is 1.85. The van der Waals surface area contributed by atoms with Gasteiger partial charge in [0.2, 0.25) is 11.7 Å². The van der Waals surface area contributed by atoms with Crippen molar-refractivity contribution in [2.24, 2.45) is 0 Å². The molecule has 2 aromatic carbocycles. The Morgan fingerprint density at radius 1 is 1.19 bits per heavy atom. The molecule has 1 heterocycles. The second-order valence-corrected chi connectivity index (χ2v) is 5.54. The molecule has 3 aromatic rings. The van der Waals surface area contributed by atoms with E-state index in [-0.39, 0.29) is 24.1 Å². The minimum absolute atomic E-state index is 0.0404. The van der Waals surface area contributed by atoms with Gasteiger partial charge in [-0.3, -0.25) is 4.79 Å². The van der Waals surface area contributed by atoms with Crippen LogP contribution in [0.1, 0.15) is 19.2 Å². The van der Waals surface area contributed by atoms with E-state index in [1.54, 1.807) is 19.1 Å². The SMILES string of the molecule is CC[C@H](Oc1ccccc1F)C(=O)NCc1nc(-c2ccccc2)no1. The predicted octanol–water partition coefficient (Wildman–Crippen LogP) is 3.35. The van der Waals surface area contributed by atoms with Crippen molar-refractivity contribution in [3.8, 4) is 17.1 Å². The lowest BCUT2D eigenvalue weighted by Crippen LogP contribution is -2.37. The number of benzene rings is 2. The van der Waals surface area contributed by atoms with Crippen LogP contribution in [0.15, 0.2) is 59.1 Å². The van der Waals surface area contributed by atoms with E-state index in [2.05, 4.69) is 15.5 Å². The molecule has 6 nitrogen and oxygen atoms in total. The number of carbonyl (C=O) groups is 1. The number of nitrogens with one attached hydrogen (secondary N) is 1. The Balaban J connectivity index is 1.59. The van der Waals surface area contributed by atoms with Crippen LogP contribution < -0.4 is 10.1 Å². The van der Waals surface area contributed by atoms with Crippen LogP contribution in [0, 0.1) is 5.82 Å². The van der Waals surface area contributed by atoms with Crippen LogP contribution in [0.4, 0.5) is 4.39 Å². The van der Waals surface area contributed by atoms with Crippen LogP contribution in [0.25, 0.3) is 11.4 Å². The number of aromatic nitrogens is 2. The van der Waals surface area contributed by atoms with Crippen molar-refractivity contribution in [2.75, 3.05) is 0 Å². The van der Waals surface area contributed by atoms with Gasteiger partial charge in [0.05, 0.1) is 6.54 Å². The van der Waals surface area contributed by atoms with E-state index in [1.807, 2.05) is 30.3 Å². The molecule has 134 valence electrons. The molecule has 7 heteroatoms. The standard InChI is InChI=1S/C19H18FN3O3/c1-2-15(25-16-11-7-6-10-14(16)20)19(24)21-12-17-22-18(23-26-17)13-8-4-3-5-9-13/h3-11,15H,2,12H2,1H3,(H,21,24)/t15-/m0/s1. The largest absolute Gasteiger partial charge is 0.478 e. The van der Waals surface area contributed by atoms with Gasteiger partial charge in [-0.25, -0.2) is 4.39 Å². The number of para-hydroxylation sites is 1. The highest BCUT2D eigenvalue weighted by Gasteiger charge is 2.20. The quantitative estimate of drug-likeness (QED) is 0.703. The normalized spacial score (nSPS) is 11.8. The molecule has 0 aliphatic rings. The highest BCUT2D eigenvalue weighted by Crippen LogP contribution is 2.18. The van der Waals surface area contributed by atoms with E-state index in [0.717, 1.165) is 5.56 Å². The first kappa shape index (κ1) is 17.6. The zero-order valence-electron chi connectivity index (χ0n) is 14.2. The average molecular weight is 355 g/mol. The summed E-state index contributed by atoms with van der Waals surface area (Å²) in [7, 11) is 0. The van der Waals surface area contributed by atoms with Crippen molar-refractivity contribution in [1.82, 2.24) is 15.5 Å². The second kappa shape index (κ2) is 8.24. The molecule has 0 bridgehead atoms. The molecule has 0 radical (unpaired) electrons. The lowest BCUT2D eigenvalue weighted by Gasteiger charge is -2.17. The summed E-state index contributed by atoms with van der Waals surface area (Å²) in [6, 6.07) is 15.3. The van der Waals surface area contributed by atoms with Crippen molar-refractivity contribution >= 4 is 5.91 Å². The third-order valence-corrected chi connectivity index (χ3v) is 3.68. The Hall–Kier alpha value is -3.22. The van der Waals surface area contributed by atoms with E-state index >= 15 is 0 Å². The number of hydrogen-bond acceptors (Lipinski definition) is 5. The van der Waals surface area contributed by atoms with E-state index < -0.39 is 11.9 Å². The van der Waals surface area contributed by atoms with Crippen LogP contribution in [-0.2, 0) is 11.3 Å². The number of ether oxygens (including phenoxy) is 1. The summed E-state index contributed by atoms with van der Waals surface area (Å²) in [6.07, 6.45) is -0.428. The molecule has 1 N–H and O–H groups in total. The Kier molecular flexibility index (Phi) is 5.58. The van der Waals surface area contributed by atoms with Crippen molar-refractivity contribution in [2.45, 2.75) is 26.0 Å². The van der Waals surface area contributed by atoms with Gasteiger partial charge in [0, 0.05) is 5.56 Å². The van der Waals surface area contributed by atoms with Crippen LogP contribution in [0.2, 0.25) is 0 Å². The summed E-state index contributed by atoms with van der Waals surface area (Å²) in [5.74, 6) is -0.125. The lowest BCUT2D eigenvalue weighted by atomic mass is 10.2. The fourth-order valence-electron chi connectivity index (χ4n) is 2.32. The number of nitrogens with zero attached hydrogens (tertiary/aromatic N) is 2. The molecular formula is C19H18FN3O3. The smallest absolute Gasteiger partial charge is 0.261 e. The van der Waals surface area contributed by atoms with Crippen molar-refractivity contribution in [3.05, 3.63) is 66.3 Å². The fraction of sp³-hybridized carbons (Fsp3) is 0.211. The zero-order valence-corrected chi connectivity index (χ0v) is 14.2. The van der Waals surface area contributed by atoms with Gasteiger partial charge in [0.15, 0.2) is 17.7 Å². The number of carbonyl (C=O) groups excluding carboxylic acids is 1. The molecule has 1 aromatic heterocycles. The number of amides is 1. The maximum atomic E-state index is 13.7. The average Bonchev–Trinajstić information content (AvgIpc) is 3.15. The molecule has 0 saturated heterocycles. The molecular weight excluding hydrogens is 337 g/mol. The maximum absolute atomic E-state index is 13.7. The third kappa shape index (κ3) is 4.24. The summed E-state index contributed by atoms with van der Waals surface area (Å²) in [5, 5.41) is 6.56. The Labute approximate surface area is 150 Å². The van der Waals surface area contributed by atoms with Gasteiger partial charge < -0.3 is 14.6 Å². The van der Waals surface area contributed by atoms with E-state index in [1.165, 1.54) is 12.1 Å². The first-order valence-corrected chi connectivity index (χ1v) is 8.24. The van der Waals surface area contributed by atoms with E-state index in [9.17, 15) is 9.18 Å². The van der Waals surface area contributed by atoms with Gasteiger partial charge in [-0.2, -0.15) is 4.98 Å². The maximum Gasteiger partial charge on any atom is 0.261 e. The highest BCUT2D eigenvalue weighted by atomic mass is 19.1. The van der Waals surface area contributed by atoms with Gasteiger partial charge in [-0.05, 0) is 18.6 Å². The summed E-state index contributed by atoms with van der Waals surface area (Å²) in [5.41, 5.74) is 0.822. The van der Waals surface area contributed by atoms with Crippen LogP contribution >= 0.6 is 0 Å². The summed E-state index contributed by atoms with van der Waals surface area (Å²) >= 11 is 0. The molecule has 0 fully saturated rings. The van der Waals surface area contributed by atoms with Crippen molar-refractivity contribution < 1.29 is 18.4 Å². The van der Waals surface area contributed by atoms with Crippen LogP contribution in [-0.4, -0.2) is 22.2 Å². The topological polar surface area (TPSA) is 77.2 Å². The van der Waals surface area contributed by atoms with E-state index in [4.69, 9.17) is 9.26 Å². The fourth-order valence-corrected chi connectivity index (χ4v) is 2.32. The van der Waals surface area contributed by atoms with Crippen LogP contribution in [0.3, 0.4) is 0 Å². The molecule has 0 spiro atoms. The van der Waals surface area contributed by atoms with Gasteiger partial charge in [0.1, 0.15) is 0 Å². The van der Waals surface area contributed by atoms with Gasteiger partial charge in [0.25, 0.3) is 5.91 Å². The van der Waals surface area contributed by atoms with Gasteiger partial charge in [-0.15, -0.1) is 0 Å². The van der Waals surface area contributed by atoms with Gasteiger partial charge >= 0.3 is 0 Å². The molecule has 0 saturated carbocycles. The molecule has 26 heavy (non-hydrogen) atoms. The molecule has 3 rings (SSSR count). The monoisotopic (exact) mass is 355 g/mol. The predicted molar refractivity (Wildman–Crippen MR) is 92.7 cm³/mol. The van der Waals surface area contributed by atoms with E-state index in [0.29, 0.717) is 12.2 Å². The molecule has 0 unspecified atom stereocenters. The first-order valence-electron chi connectivity index (χ1n) is 8.24. The molecule has 0 aliphatic carbocycles. The Morgan fingerprint density at radius 3 is 2.65 bits per heavy atom. The molecule has 0 aliphatic heterocycles. The first-order chi connectivity index (χ1) is 12.7. The Morgan fingerprint density at radius 2 is 1.92 bits per heavy atom. The number of rotatable bonds is 7. The second-order valence-electron chi connectivity index (χ2n) is 5.54. The Bertz CT molecular complexity index is 867. The summed E-state index contributed by atoms with van der Waals surface area (Å²) < 4.78 is 24.3. The van der Waals surface area contributed by atoms with Crippen molar-refractivity contribution in [3.63, 3.8) is 0 Å². The highest BCUT2D eigenvalue weighted by molar-refractivity contribution is 5.81. The minimum atomic E-state index is -0.816. The number of halogens is 1. The third-order valence-electron chi connectivity index (χ3n) is 3.68. The number of hydrogen-bond donors (Lipinski definition) is 1. The van der Waals surface area contributed by atoms with Gasteiger partial charge in [-0.1, -0.05) is 54.5 Å². The minimum Gasteiger partial charge on any atom is -0.478 e. The summed E-state index contributed by atoms with van der Waals surface area (Å²) in [4.78, 5) is 16.5. The molecule has 1 amide bonds.